The zero-order chi connectivity index (χ0) is 18.4. The summed E-state index contributed by atoms with van der Waals surface area (Å²) in [4.78, 5) is 16.2. The van der Waals surface area contributed by atoms with Crippen molar-refractivity contribution in [1.29, 1.82) is 0 Å². The van der Waals surface area contributed by atoms with Crippen molar-refractivity contribution >= 4 is 38.2 Å². The average molecular weight is 360 g/mol. The largest absolute Gasteiger partial charge is 0.365 e. The number of fused-ring (bicyclic) bond motifs is 1. The van der Waals surface area contributed by atoms with Gasteiger partial charge in [-0.25, -0.2) is 8.42 Å². The molecule has 0 aliphatic heterocycles. The molecule has 1 amide bonds. The molecule has 3 N–H and O–H groups in total. The van der Waals surface area contributed by atoms with Gasteiger partial charge in [0.25, 0.3) is 5.91 Å². The van der Waals surface area contributed by atoms with Crippen LogP contribution in [0.1, 0.15) is 21.6 Å². The first-order valence-corrected chi connectivity index (χ1v) is 9.19. The molecule has 0 spiro atoms. The number of amides is 1. The van der Waals surface area contributed by atoms with Crippen LogP contribution >= 0.6 is 0 Å². The van der Waals surface area contributed by atoms with Crippen molar-refractivity contribution in [2.45, 2.75) is 18.7 Å². The summed E-state index contributed by atoms with van der Waals surface area (Å²) in [5.41, 5.74) is 7.74. The number of aryl methyl sites for hydroxylation is 2. The van der Waals surface area contributed by atoms with Crippen LogP contribution < -0.4 is 11.1 Å². The van der Waals surface area contributed by atoms with Gasteiger partial charge >= 0.3 is 0 Å². The fourth-order valence-corrected chi connectivity index (χ4v) is 3.25. The van der Waals surface area contributed by atoms with Crippen molar-refractivity contribution in [2.24, 2.45) is 5.73 Å². The maximum absolute atomic E-state index is 12.0. The van der Waals surface area contributed by atoms with Crippen LogP contribution in [-0.2, 0) is 9.84 Å². The molecule has 2 aromatic heterocycles. The van der Waals surface area contributed by atoms with Crippen LogP contribution in [0.4, 0.5) is 11.6 Å². The van der Waals surface area contributed by atoms with Gasteiger partial charge in [-0.15, -0.1) is 0 Å². The second-order valence-corrected chi connectivity index (χ2v) is 7.79. The number of aromatic nitrogens is 2. The fraction of sp³-hybridized carbons (Fsp3) is 0.188. The monoisotopic (exact) mass is 360 g/mol. The van der Waals surface area contributed by atoms with Crippen LogP contribution in [0.2, 0.25) is 0 Å². The van der Waals surface area contributed by atoms with E-state index in [1.54, 1.807) is 19.9 Å². The minimum absolute atomic E-state index is 0.117. The summed E-state index contributed by atoms with van der Waals surface area (Å²) in [6, 6.07) is 4.64. The van der Waals surface area contributed by atoms with Gasteiger partial charge in [0.1, 0.15) is 0 Å². The van der Waals surface area contributed by atoms with Crippen molar-refractivity contribution in [3.05, 3.63) is 41.2 Å². The zero-order valence-corrected chi connectivity index (χ0v) is 14.6. The van der Waals surface area contributed by atoms with E-state index in [1.165, 1.54) is 18.3 Å². The number of nitrogens with one attached hydrogen (secondary N) is 1. The van der Waals surface area contributed by atoms with E-state index in [0.717, 1.165) is 6.26 Å². The van der Waals surface area contributed by atoms with E-state index < -0.39 is 15.7 Å². The molecule has 0 fully saturated rings. The van der Waals surface area contributed by atoms with E-state index in [2.05, 4.69) is 15.5 Å². The Morgan fingerprint density at radius 2 is 1.96 bits per heavy atom. The summed E-state index contributed by atoms with van der Waals surface area (Å²) in [7, 11) is -3.44. The normalized spacial score (nSPS) is 11.6. The molecule has 3 aromatic rings. The van der Waals surface area contributed by atoms with Gasteiger partial charge in [0, 0.05) is 23.9 Å². The minimum Gasteiger partial charge on any atom is -0.365 e. The first kappa shape index (κ1) is 16.9. The Balaban J connectivity index is 2.34. The van der Waals surface area contributed by atoms with E-state index in [4.69, 9.17) is 10.3 Å². The van der Waals surface area contributed by atoms with Crippen molar-refractivity contribution < 1.29 is 17.7 Å². The quantitative estimate of drug-likeness (QED) is 0.729. The number of primary amides is 1. The van der Waals surface area contributed by atoms with Crippen LogP contribution in [0.25, 0.3) is 10.9 Å². The molecule has 0 aliphatic rings. The van der Waals surface area contributed by atoms with Crippen LogP contribution in [-0.4, -0.2) is 30.7 Å². The molecule has 0 unspecified atom stereocenters. The summed E-state index contributed by atoms with van der Waals surface area (Å²) in [5, 5.41) is 7.19. The highest BCUT2D eigenvalue weighted by molar-refractivity contribution is 7.90. The zero-order valence-electron chi connectivity index (χ0n) is 13.8. The van der Waals surface area contributed by atoms with Gasteiger partial charge < -0.3 is 15.6 Å². The van der Waals surface area contributed by atoms with Crippen molar-refractivity contribution in [3.63, 3.8) is 0 Å². The maximum atomic E-state index is 12.0. The Hall–Kier alpha value is -2.94. The lowest BCUT2D eigenvalue weighted by molar-refractivity contribution is 0.100. The molecule has 9 heteroatoms. The van der Waals surface area contributed by atoms with Gasteiger partial charge in [0.15, 0.2) is 9.84 Å². The lowest BCUT2D eigenvalue weighted by atomic mass is 10.1. The van der Waals surface area contributed by atoms with E-state index in [9.17, 15) is 13.2 Å². The molecule has 3 rings (SSSR count). The molecule has 0 saturated carbocycles. The molecular formula is C16H16N4O4S. The lowest BCUT2D eigenvalue weighted by Crippen LogP contribution is -2.14. The number of pyridine rings is 1. The average Bonchev–Trinajstić information content (AvgIpc) is 2.91. The number of benzene rings is 1. The van der Waals surface area contributed by atoms with Crippen LogP contribution in [0.5, 0.6) is 0 Å². The number of hydrogen-bond donors (Lipinski definition) is 2. The topological polar surface area (TPSA) is 128 Å². The number of carbonyl (C=O) groups is 1. The number of carbonyl (C=O) groups excluding carboxylic acids is 1. The third-order valence-corrected chi connectivity index (χ3v) is 4.80. The second kappa shape index (κ2) is 5.85. The molecule has 0 aliphatic carbocycles. The minimum atomic E-state index is -3.44. The fourth-order valence-electron chi connectivity index (χ4n) is 2.53. The summed E-state index contributed by atoms with van der Waals surface area (Å²) in [6.07, 6.45) is 2.47. The smallest absolute Gasteiger partial charge is 0.252 e. The van der Waals surface area contributed by atoms with E-state index in [0.29, 0.717) is 33.7 Å². The molecule has 2 heterocycles. The predicted octanol–water partition coefficient (Wildman–Crippen LogP) is 2.09. The highest BCUT2D eigenvalue weighted by atomic mass is 32.2. The Labute approximate surface area is 143 Å². The lowest BCUT2D eigenvalue weighted by Gasteiger charge is -2.13. The maximum Gasteiger partial charge on any atom is 0.252 e. The third kappa shape index (κ3) is 3.18. The van der Waals surface area contributed by atoms with Crippen molar-refractivity contribution in [1.82, 2.24) is 10.1 Å². The van der Waals surface area contributed by atoms with Gasteiger partial charge in [0.2, 0.25) is 5.88 Å². The third-order valence-electron chi connectivity index (χ3n) is 3.71. The van der Waals surface area contributed by atoms with Crippen LogP contribution in [0.15, 0.2) is 33.8 Å². The van der Waals surface area contributed by atoms with Gasteiger partial charge in [0.05, 0.1) is 27.4 Å². The Bertz CT molecular complexity index is 1100. The second-order valence-electron chi connectivity index (χ2n) is 5.78. The standard InChI is InChI=1S/C16H16N4O4S/c1-8-4-10(25(3,22)23)6-11-14(8)18-7-12(16(17)21)15(11)19-13-5-9(2)20-24-13/h4-7H,1-3H3,(H2,17,21)(H,18,19). The summed E-state index contributed by atoms with van der Waals surface area (Å²) >= 11 is 0. The molecular weight excluding hydrogens is 344 g/mol. The molecule has 1 aromatic carbocycles. The highest BCUT2D eigenvalue weighted by Crippen LogP contribution is 2.32. The summed E-state index contributed by atoms with van der Waals surface area (Å²) in [6.45, 7) is 3.50. The number of rotatable bonds is 4. The number of sulfone groups is 1. The molecule has 0 bridgehead atoms. The SMILES string of the molecule is Cc1cc(Nc2c(C(N)=O)cnc3c(C)cc(S(C)(=O)=O)cc23)on1. The molecule has 0 radical (unpaired) electrons. The van der Waals surface area contributed by atoms with Gasteiger partial charge in [-0.05, 0) is 31.5 Å². The first-order chi connectivity index (χ1) is 11.7. The first-order valence-electron chi connectivity index (χ1n) is 7.30. The van der Waals surface area contributed by atoms with E-state index >= 15 is 0 Å². The molecule has 0 saturated heterocycles. The summed E-state index contributed by atoms with van der Waals surface area (Å²) in [5.74, 6) is -0.398. The number of hydrogen-bond acceptors (Lipinski definition) is 7. The molecule has 0 atom stereocenters. The van der Waals surface area contributed by atoms with Gasteiger partial charge in [-0.2, -0.15) is 0 Å². The predicted molar refractivity (Wildman–Crippen MR) is 92.6 cm³/mol. The van der Waals surface area contributed by atoms with Crippen LogP contribution in [0, 0.1) is 13.8 Å². The Morgan fingerprint density at radius 1 is 1.24 bits per heavy atom. The Morgan fingerprint density at radius 3 is 2.52 bits per heavy atom. The Kier molecular flexibility index (Phi) is 3.96. The van der Waals surface area contributed by atoms with Crippen molar-refractivity contribution in [2.75, 3.05) is 11.6 Å². The molecule has 130 valence electrons. The van der Waals surface area contributed by atoms with Gasteiger partial charge in [-0.3, -0.25) is 9.78 Å². The highest BCUT2D eigenvalue weighted by Gasteiger charge is 2.19. The molecule has 8 nitrogen and oxygen atoms in total. The number of anilines is 2. The van der Waals surface area contributed by atoms with Gasteiger partial charge in [-0.1, -0.05) is 5.16 Å². The van der Waals surface area contributed by atoms with Crippen LogP contribution in [0.3, 0.4) is 0 Å². The van der Waals surface area contributed by atoms with E-state index in [1.807, 2.05) is 0 Å². The molecule has 25 heavy (non-hydrogen) atoms. The number of nitrogens with two attached hydrogens (primary N) is 1. The van der Waals surface area contributed by atoms with E-state index in [-0.39, 0.29) is 10.5 Å². The van der Waals surface area contributed by atoms with Crippen molar-refractivity contribution in [3.8, 4) is 0 Å². The number of nitrogens with zero attached hydrogens (tertiary/aromatic N) is 2. The summed E-state index contributed by atoms with van der Waals surface area (Å²) < 4.78 is 29.0.